The van der Waals surface area contributed by atoms with Gasteiger partial charge in [-0.05, 0) is 54.4 Å². The van der Waals surface area contributed by atoms with E-state index in [0.717, 1.165) is 15.4 Å². The van der Waals surface area contributed by atoms with Crippen LogP contribution in [-0.2, 0) is 32.6 Å². The van der Waals surface area contributed by atoms with Crippen LogP contribution >= 0.6 is 0 Å². The number of likely N-dealkylation sites (N-methyl/N-ethyl adjacent to an activating group) is 1. The van der Waals surface area contributed by atoms with E-state index >= 15 is 0 Å². The van der Waals surface area contributed by atoms with Crippen molar-refractivity contribution in [3.05, 3.63) is 120 Å². The van der Waals surface area contributed by atoms with Crippen molar-refractivity contribution in [2.45, 2.75) is 30.8 Å². The Morgan fingerprint density at radius 3 is 2.09 bits per heavy atom. The summed E-state index contributed by atoms with van der Waals surface area (Å²) in [6, 6.07) is 24.7. The summed E-state index contributed by atoms with van der Waals surface area (Å²) in [6.45, 7) is 1.18. The molecule has 236 valence electrons. The number of rotatable bonds is 13. The van der Waals surface area contributed by atoms with Crippen LogP contribution < -0.4 is 19.1 Å². The molecule has 0 aromatic heterocycles. The second-order valence-electron chi connectivity index (χ2n) is 10.3. The van der Waals surface area contributed by atoms with Crippen LogP contribution in [0.15, 0.2) is 102 Å². The first-order valence-electron chi connectivity index (χ1n) is 14.2. The van der Waals surface area contributed by atoms with Crippen molar-refractivity contribution in [3.63, 3.8) is 0 Å². The Morgan fingerprint density at radius 1 is 0.844 bits per heavy atom. The smallest absolute Gasteiger partial charge is 0.264 e. The third-order valence-corrected chi connectivity index (χ3v) is 9.10. The maximum atomic E-state index is 14.3. The van der Waals surface area contributed by atoms with Gasteiger partial charge < -0.3 is 19.7 Å². The van der Waals surface area contributed by atoms with Gasteiger partial charge in [-0.1, -0.05) is 60.2 Å². The minimum Gasteiger partial charge on any atom is -0.493 e. The molecule has 1 atom stereocenters. The van der Waals surface area contributed by atoms with Crippen LogP contribution in [0.5, 0.6) is 11.5 Å². The topological polar surface area (TPSA) is 105 Å². The Labute approximate surface area is 263 Å². The molecule has 4 aromatic carbocycles. The molecule has 0 aliphatic carbocycles. The van der Waals surface area contributed by atoms with Gasteiger partial charge in [0.05, 0.1) is 24.8 Å². The van der Waals surface area contributed by atoms with Gasteiger partial charge in [0.25, 0.3) is 10.0 Å². The molecule has 0 fully saturated rings. The molecule has 0 aliphatic heterocycles. The molecule has 0 saturated heterocycles. The van der Waals surface area contributed by atoms with Crippen LogP contribution in [0.3, 0.4) is 0 Å². The molecule has 1 N–H and O–H groups in total. The van der Waals surface area contributed by atoms with Crippen LogP contribution in [0.4, 0.5) is 10.1 Å². The Balaban J connectivity index is 1.80. The number of nitrogens with one attached hydrogen (secondary N) is 1. The first kappa shape index (κ1) is 33.0. The number of halogens is 1. The molecule has 45 heavy (non-hydrogen) atoms. The van der Waals surface area contributed by atoms with Gasteiger partial charge in [0.2, 0.25) is 11.8 Å². The molecule has 4 aromatic rings. The molecule has 4 rings (SSSR count). The van der Waals surface area contributed by atoms with E-state index in [4.69, 9.17) is 9.47 Å². The average Bonchev–Trinajstić information content (AvgIpc) is 3.06. The summed E-state index contributed by atoms with van der Waals surface area (Å²) < 4.78 is 53.8. The highest BCUT2D eigenvalue weighted by molar-refractivity contribution is 7.92. The predicted molar refractivity (Wildman–Crippen MR) is 170 cm³/mol. The number of nitrogens with zero attached hydrogens (tertiary/aromatic N) is 2. The molecule has 0 bridgehead atoms. The molecule has 11 heteroatoms. The molecule has 0 saturated carbocycles. The Kier molecular flexibility index (Phi) is 10.8. The summed E-state index contributed by atoms with van der Waals surface area (Å²) in [5, 5.41) is 2.64. The highest BCUT2D eigenvalue weighted by Gasteiger charge is 2.34. The summed E-state index contributed by atoms with van der Waals surface area (Å²) in [7, 11) is -0.0295. The number of hydrogen-bond donors (Lipinski definition) is 1. The predicted octanol–water partition coefficient (Wildman–Crippen LogP) is 4.73. The highest BCUT2D eigenvalue weighted by atomic mass is 32.2. The minimum atomic E-state index is -4.34. The third-order valence-electron chi connectivity index (χ3n) is 7.33. The highest BCUT2D eigenvalue weighted by Crippen LogP contribution is 2.32. The number of methoxy groups -OCH3 is 2. The maximum absolute atomic E-state index is 14.3. The lowest BCUT2D eigenvalue weighted by Crippen LogP contribution is -2.53. The van der Waals surface area contributed by atoms with Gasteiger partial charge in [-0.25, -0.2) is 12.8 Å². The number of ether oxygens (including phenoxy) is 2. The number of hydrogen-bond acceptors (Lipinski definition) is 6. The zero-order valence-corrected chi connectivity index (χ0v) is 26.4. The first-order valence-corrected chi connectivity index (χ1v) is 15.6. The molecule has 2 amide bonds. The fraction of sp³-hybridized carbons (Fsp3) is 0.235. The number of carbonyl (C=O) groups is 2. The van der Waals surface area contributed by atoms with E-state index in [1.54, 1.807) is 24.3 Å². The lowest BCUT2D eigenvalue weighted by atomic mass is 10.0. The van der Waals surface area contributed by atoms with Gasteiger partial charge in [0.1, 0.15) is 18.4 Å². The number of carbonyl (C=O) groups excluding carboxylic acids is 2. The number of aryl methyl sites for hydroxylation is 1. The van der Waals surface area contributed by atoms with E-state index in [9.17, 15) is 22.4 Å². The van der Waals surface area contributed by atoms with Gasteiger partial charge in [-0.2, -0.15) is 0 Å². The zero-order chi connectivity index (χ0) is 32.6. The van der Waals surface area contributed by atoms with Crippen LogP contribution in [0.1, 0.15) is 16.7 Å². The standard InChI is InChI=1S/C34H36FN3O6S/c1-24-10-16-28(17-11-24)38(45(41,42)29-18-19-31(43-3)32(21-29)44-4)23-33(39)37(22-26-12-14-27(35)15-13-26)30(34(40)36-2)20-25-8-6-5-7-9-25/h5-19,21,30H,20,22-23H2,1-4H3,(H,36,40)/t30-/m0/s1. The molecule has 9 nitrogen and oxygen atoms in total. The van der Waals surface area contributed by atoms with E-state index in [0.29, 0.717) is 11.3 Å². The van der Waals surface area contributed by atoms with Crippen molar-refractivity contribution in [1.82, 2.24) is 10.2 Å². The number of amides is 2. The van der Waals surface area contributed by atoms with Crippen LogP contribution in [0.2, 0.25) is 0 Å². The zero-order valence-electron chi connectivity index (χ0n) is 25.6. The Bertz CT molecular complexity index is 1720. The fourth-order valence-corrected chi connectivity index (χ4v) is 6.28. The molecular weight excluding hydrogens is 597 g/mol. The minimum absolute atomic E-state index is 0.0673. The third kappa shape index (κ3) is 7.98. The molecule has 0 radical (unpaired) electrons. The van der Waals surface area contributed by atoms with Crippen LogP contribution in [0, 0.1) is 12.7 Å². The SMILES string of the molecule is CNC(=O)[C@H](Cc1ccccc1)N(Cc1ccc(F)cc1)C(=O)CN(c1ccc(C)cc1)S(=O)(=O)c1ccc(OC)c(OC)c1. The summed E-state index contributed by atoms with van der Waals surface area (Å²) >= 11 is 0. The van der Waals surface area contributed by atoms with Gasteiger partial charge in [0, 0.05) is 26.1 Å². The van der Waals surface area contributed by atoms with Crippen molar-refractivity contribution in [1.29, 1.82) is 0 Å². The van der Waals surface area contributed by atoms with E-state index in [1.807, 2.05) is 37.3 Å². The fourth-order valence-electron chi connectivity index (χ4n) is 4.85. The van der Waals surface area contributed by atoms with Crippen molar-refractivity contribution < 1.29 is 31.9 Å². The van der Waals surface area contributed by atoms with Crippen LogP contribution in [0.25, 0.3) is 0 Å². The van der Waals surface area contributed by atoms with Gasteiger partial charge in [0.15, 0.2) is 11.5 Å². The maximum Gasteiger partial charge on any atom is 0.264 e. The molecule has 0 aliphatic rings. The lowest BCUT2D eigenvalue weighted by molar-refractivity contribution is -0.139. The number of sulfonamides is 1. The molecule has 0 spiro atoms. The van der Waals surface area contributed by atoms with Crippen molar-refractivity contribution in [3.8, 4) is 11.5 Å². The largest absolute Gasteiger partial charge is 0.493 e. The monoisotopic (exact) mass is 633 g/mol. The second kappa shape index (κ2) is 14.7. The van der Waals surface area contributed by atoms with Gasteiger partial charge >= 0.3 is 0 Å². The molecule has 0 unspecified atom stereocenters. The van der Waals surface area contributed by atoms with Crippen molar-refractivity contribution in [2.24, 2.45) is 0 Å². The quantitative estimate of drug-likeness (QED) is 0.228. The van der Waals surface area contributed by atoms with E-state index in [1.165, 1.54) is 68.6 Å². The summed E-state index contributed by atoms with van der Waals surface area (Å²) in [6.07, 6.45) is 0.167. The second-order valence-corrected chi connectivity index (χ2v) is 12.2. The van der Waals surface area contributed by atoms with E-state index < -0.39 is 40.2 Å². The summed E-state index contributed by atoms with van der Waals surface area (Å²) in [4.78, 5) is 28.9. The number of benzene rings is 4. The normalized spacial score (nSPS) is 11.8. The van der Waals surface area contributed by atoms with E-state index in [-0.39, 0.29) is 29.3 Å². The Morgan fingerprint density at radius 2 is 1.49 bits per heavy atom. The average molecular weight is 634 g/mol. The van der Waals surface area contributed by atoms with Gasteiger partial charge in [-0.15, -0.1) is 0 Å². The molecule has 0 heterocycles. The van der Waals surface area contributed by atoms with Crippen molar-refractivity contribution >= 4 is 27.5 Å². The summed E-state index contributed by atoms with van der Waals surface area (Å²) in [5.74, 6) is -0.966. The van der Waals surface area contributed by atoms with Crippen molar-refractivity contribution in [2.75, 3.05) is 32.1 Å². The van der Waals surface area contributed by atoms with E-state index in [2.05, 4.69) is 5.32 Å². The Hall–Kier alpha value is -4.90. The van der Waals surface area contributed by atoms with Crippen LogP contribution in [-0.4, -0.2) is 59.0 Å². The van der Waals surface area contributed by atoms with Gasteiger partial charge in [-0.3, -0.25) is 13.9 Å². The number of anilines is 1. The lowest BCUT2D eigenvalue weighted by Gasteiger charge is -2.33. The first-order chi connectivity index (χ1) is 21.6. The summed E-state index contributed by atoms with van der Waals surface area (Å²) in [5.41, 5.74) is 2.52. The molecular formula is C34H36FN3O6S.